The smallest absolute Gasteiger partial charge is 0.319 e. The number of hydrogen-bond acceptors (Lipinski definition) is 9. The summed E-state index contributed by atoms with van der Waals surface area (Å²) in [7, 11) is 0. The number of benzene rings is 1. The standard InChI is InChI=1S/C37H44ClF2N7O3/c1-21-13-23(21)29-26(38)14-27-24(17-42-47(27)28-7-3-4-12-49-28)30(29)33-31(40)32-25(16-41-33)34(45-10-5-8-36(2,48)19-45)44-35(43-32)50-20-37-9-6-11-46(37)18-22(39)15-37/h14,16-17,21-23,28,48H,3-13,15,18-20H2,1-2H3/t21-,22+,23+,28?,36+,37-/m0/s1. The van der Waals surface area contributed by atoms with E-state index in [0.29, 0.717) is 66.8 Å². The Morgan fingerprint density at radius 2 is 1.96 bits per heavy atom. The third-order valence-corrected chi connectivity index (χ3v) is 12.2. The van der Waals surface area contributed by atoms with Crippen molar-refractivity contribution in [3.05, 3.63) is 34.9 Å². The van der Waals surface area contributed by atoms with Crippen LogP contribution in [-0.4, -0.2) is 91.4 Å². The molecule has 7 heterocycles. The maximum atomic E-state index is 17.4. The lowest BCUT2D eigenvalue weighted by Gasteiger charge is -2.38. The van der Waals surface area contributed by atoms with E-state index < -0.39 is 23.1 Å². The molecule has 50 heavy (non-hydrogen) atoms. The summed E-state index contributed by atoms with van der Waals surface area (Å²) in [6.07, 6.45) is 9.75. The first-order chi connectivity index (χ1) is 24.1. The van der Waals surface area contributed by atoms with Gasteiger partial charge in [-0.15, -0.1) is 0 Å². The van der Waals surface area contributed by atoms with Crippen LogP contribution in [0, 0.1) is 11.7 Å². The number of fused-ring (bicyclic) bond motifs is 3. The van der Waals surface area contributed by atoms with Gasteiger partial charge in [-0.2, -0.15) is 15.1 Å². The Balaban J connectivity index is 1.19. The van der Waals surface area contributed by atoms with Gasteiger partial charge in [0.15, 0.2) is 12.0 Å². The van der Waals surface area contributed by atoms with Gasteiger partial charge in [0, 0.05) is 54.8 Å². The van der Waals surface area contributed by atoms with Gasteiger partial charge in [-0.1, -0.05) is 18.5 Å². The van der Waals surface area contributed by atoms with Crippen LogP contribution in [0.1, 0.15) is 89.3 Å². The van der Waals surface area contributed by atoms with Gasteiger partial charge in [0.2, 0.25) is 0 Å². The summed E-state index contributed by atoms with van der Waals surface area (Å²) in [6.45, 7) is 7.06. The third-order valence-electron chi connectivity index (χ3n) is 11.9. The molecule has 0 spiro atoms. The molecule has 1 N–H and O–H groups in total. The molecule has 1 aromatic carbocycles. The summed E-state index contributed by atoms with van der Waals surface area (Å²) in [6, 6.07) is 1.97. The lowest BCUT2D eigenvalue weighted by atomic mass is 9.94. The summed E-state index contributed by atoms with van der Waals surface area (Å²) < 4.78 is 46.3. The van der Waals surface area contributed by atoms with Crippen molar-refractivity contribution in [3.63, 3.8) is 0 Å². The van der Waals surface area contributed by atoms with Crippen LogP contribution in [-0.2, 0) is 4.74 Å². The number of halogens is 3. The Hall–Kier alpha value is -3.19. The van der Waals surface area contributed by atoms with Crippen LogP contribution < -0.4 is 9.64 Å². The molecule has 13 heteroatoms. The van der Waals surface area contributed by atoms with E-state index in [2.05, 4.69) is 11.8 Å². The number of β-amino-alcohol motifs (C(OH)–C–C–N with tert-alkyl or cyclic N) is 1. The summed E-state index contributed by atoms with van der Waals surface area (Å²) in [5.74, 6) is 0.444. The molecular formula is C37H44ClF2N7O3. The van der Waals surface area contributed by atoms with E-state index in [4.69, 9.17) is 41.1 Å². The first-order valence-corrected chi connectivity index (χ1v) is 18.7. The Morgan fingerprint density at radius 3 is 2.74 bits per heavy atom. The molecular weight excluding hydrogens is 664 g/mol. The second-order valence-corrected chi connectivity index (χ2v) is 16.1. The lowest BCUT2D eigenvalue weighted by molar-refractivity contribution is -0.0366. The number of rotatable bonds is 7. The molecule has 4 aromatic rings. The molecule has 6 atom stereocenters. The Bertz CT molecular complexity index is 1970. The van der Waals surface area contributed by atoms with Crippen molar-refractivity contribution in [1.29, 1.82) is 0 Å². The average molecular weight is 708 g/mol. The van der Waals surface area contributed by atoms with Gasteiger partial charge in [0.05, 0.1) is 28.2 Å². The number of aliphatic hydroxyl groups is 1. The minimum atomic E-state index is -0.934. The molecule has 5 fully saturated rings. The second kappa shape index (κ2) is 12.2. The summed E-state index contributed by atoms with van der Waals surface area (Å²) in [5, 5.41) is 17.5. The van der Waals surface area contributed by atoms with Crippen molar-refractivity contribution in [2.75, 3.05) is 44.3 Å². The van der Waals surface area contributed by atoms with Crippen LogP contribution in [0.25, 0.3) is 33.1 Å². The molecule has 9 rings (SSSR count). The molecule has 1 unspecified atom stereocenters. The van der Waals surface area contributed by atoms with Crippen LogP contribution in [0.15, 0.2) is 18.5 Å². The predicted octanol–water partition coefficient (Wildman–Crippen LogP) is 6.96. The number of anilines is 1. The van der Waals surface area contributed by atoms with Crippen molar-refractivity contribution in [2.24, 2.45) is 5.92 Å². The quantitative estimate of drug-likeness (QED) is 0.218. The first-order valence-electron chi connectivity index (χ1n) is 18.3. The van der Waals surface area contributed by atoms with E-state index in [1.54, 1.807) is 12.4 Å². The van der Waals surface area contributed by atoms with E-state index in [9.17, 15) is 9.50 Å². The van der Waals surface area contributed by atoms with Gasteiger partial charge in [0.25, 0.3) is 0 Å². The Morgan fingerprint density at radius 1 is 1.12 bits per heavy atom. The van der Waals surface area contributed by atoms with E-state index in [1.165, 1.54) is 0 Å². The summed E-state index contributed by atoms with van der Waals surface area (Å²) >= 11 is 7.09. The SMILES string of the molecule is C[C@H]1C[C@H]1c1c(Cl)cc2c(cnn2C2CCCCO2)c1-c1ncc2c(N3CCC[C@@](C)(O)C3)nc(OC[C@@]34CCCN3C[C@H](F)C4)nc2c1F. The maximum absolute atomic E-state index is 17.4. The van der Waals surface area contributed by atoms with Crippen LogP contribution in [0.3, 0.4) is 0 Å². The highest BCUT2D eigenvalue weighted by molar-refractivity contribution is 6.33. The van der Waals surface area contributed by atoms with E-state index in [-0.39, 0.29) is 36.0 Å². The zero-order valence-electron chi connectivity index (χ0n) is 28.7. The first kappa shape index (κ1) is 32.7. The normalized spacial score (nSPS) is 31.5. The number of pyridine rings is 1. The van der Waals surface area contributed by atoms with Gasteiger partial charge in [-0.25, -0.2) is 13.5 Å². The molecule has 4 saturated heterocycles. The zero-order valence-corrected chi connectivity index (χ0v) is 29.4. The molecule has 1 saturated carbocycles. The van der Waals surface area contributed by atoms with Crippen molar-refractivity contribution >= 4 is 39.2 Å². The molecule has 10 nitrogen and oxygen atoms in total. The van der Waals surface area contributed by atoms with Crippen molar-refractivity contribution in [2.45, 2.75) is 101 Å². The van der Waals surface area contributed by atoms with Crippen molar-refractivity contribution in [1.82, 2.24) is 29.6 Å². The predicted molar refractivity (Wildman–Crippen MR) is 187 cm³/mol. The van der Waals surface area contributed by atoms with Crippen LogP contribution in [0.5, 0.6) is 6.01 Å². The number of piperidine rings is 1. The van der Waals surface area contributed by atoms with E-state index >= 15 is 4.39 Å². The van der Waals surface area contributed by atoms with Gasteiger partial charge >= 0.3 is 6.01 Å². The fraction of sp³-hybridized carbons (Fsp3) is 0.622. The van der Waals surface area contributed by atoms with Gasteiger partial charge < -0.3 is 19.5 Å². The summed E-state index contributed by atoms with van der Waals surface area (Å²) in [4.78, 5) is 18.5. The van der Waals surface area contributed by atoms with Gasteiger partial charge in [-0.05, 0) is 88.3 Å². The number of alkyl halides is 1. The molecule has 0 radical (unpaired) electrons. The van der Waals surface area contributed by atoms with Crippen LogP contribution in [0.4, 0.5) is 14.6 Å². The third kappa shape index (κ3) is 5.52. The fourth-order valence-electron chi connectivity index (χ4n) is 9.21. The monoisotopic (exact) mass is 707 g/mol. The molecule has 266 valence electrons. The molecule has 5 aliphatic rings. The highest BCUT2D eigenvalue weighted by Crippen LogP contribution is 2.54. The minimum Gasteiger partial charge on any atom is -0.461 e. The second-order valence-electron chi connectivity index (χ2n) is 15.7. The van der Waals surface area contributed by atoms with Crippen molar-refractivity contribution in [3.8, 4) is 17.3 Å². The van der Waals surface area contributed by atoms with Crippen LogP contribution in [0.2, 0.25) is 5.02 Å². The zero-order chi connectivity index (χ0) is 34.4. The highest BCUT2D eigenvalue weighted by atomic mass is 35.5. The van der Waals surface area contributed by atoms with E-state index in [1.807, 2.05) is 22.6 Å². The maximum Gasteiger partial charge on any atom is 0.319 e. The molecule has 3 aromatic heterocycles. The van der Waals surface area contributed by atoms with Gasteiger partial charge in [-0.3, -0.25) is 9.88 Å². The topological polar surface area (TPSA) is 102 Å². The molecule has 1 aliphatic carbocycles. The van der Waals surface area contributed by atoms with E-state index in [0.717, 1.165) is 68.0 Å². The average Bonchev–Trinajstić information content (AvgIpc) is 3.36. The number of hydrogen-bond donors (Lipinski definition) is 1. The highest BCUT2D eigenvalue weighted by Gasteiger charge is 2.49. The molecule has 0 amide bonds. The number of nitrogens with zero attached hydrogens (tertiary/aromatic N) is 7. The molecule has 4 aliphatic heterocycles. The largest absolute Gasteiger partial charge is 0.461 e. The number of ether oxygens (including phenoxy) is 2. The molecule has 0 bridgehead atoms. The Labute approximate surface area is 295 Å². The van der Waals surface area contributed by atoms with Crippen molar-refractivity contribution < 1.29 is 23.4 Å². The number of aromatic nitrogens is 5. The lowest BCUT2D eigenvalue weighted by Crippen LogP contribution is -2.46. The summed E-state index contributed by atoms with van der Waals surface area (Å²) in [5.41, 5.74) is 1.17. The van der Waals surface area contributed by atoms with Gasteiger partial charge in [0.1, 0.15) is 29.8 Å². The fourth-order valence-corrected chi connectivity index (χ4v) is 9.55. The van der Waals surface area contributed by atoms with Crippen LogP contribution >= 0.6 is 11.6 Å². The minimum absolute atomic E-state index is 0.0341. The Kier molecular flexibility index (Phi) is 7.98.